The Morgan fingerprint density at radius 2 is 2.04 bits per heavy atom. The van der Waals surface area contributed by atoms with Gasteiger partial charge in [-0.15, -0.1) is 0 Å². The van der Waals surface area contributed by atoms with E-state index >= 15 is 0 Å². The number of ether oxygens (including phenoxy) is 1. The van der Waals surface area contributed by atoms with Crippen LogP contribution in [0.3, 0.4) is 0 Å². The Balaban J connectivity index is 2.00. The highest BCUT2D eigenvalue weighted by atomic mass is 16.5. The summed E-state index contributed by atoms with van der Waals surface area (Å²) in [6.07, 6.45) is 0. The zero-order valence-electron chi connectivity index (χ0n) is 14.5. The Bertz CT molecular complexity index is 711. The molecule has 2 heterocycles. The van der Waals surface area contributed by atoms with Crippen LogP contribution in [0.15, 0.2) is 30.3 Å². The Morgan fingerprint density at radius 1 is 1.29 bits per heavy atom. The second-order valence-electron chi connectivity index (χ2n) is 6.05. The summed E-state index contributed by atoms with van der Waals surface area (Å²) in [6, 6.07) is 9.69. The molecule has 0 radical (unpaired) electrons. The van der Waals surface area contributed by atoms with Gasteiger partial charge in [0, 0.05) is 38.0 Å². The minimum Gasteiger partial charge on any atom is -0.383 e. The number of nitrogens with one attached hydrogen (secondary N) is 1. The molecule has 0 saturated carbocycles. The smallest absolute Gasteiger partial charge is 0.242 e. The fourth-order valence-corrected chi connectivity index (χ4v) is 3.35. The van der Waals surface area contributed by atoms with E-state index in [9.17, 15) is 4.79 Å². The number of hydrogen-bond acceptors (Lipinski definition) is 4. The SMILES string of the molecule is COCCN1CCNC(=O)[C@H]1c1c(C)nn(-c2ccccc2)c1C. The molecule has 0 spiro atoms. The highest BCUT2D eigenvalue weighted by Crippen LogP contribution is 2.30. The first-order valence-corrected chi connectivity index (χ1v) is 8.25. The van der Waals surface area contributed by atoms with E-state index in [2.05, 4.69) is 15.3 Å². The van der Waals surface area contributed by atoms with Gasteiger partial charge in [0.1, 0.15) is 6.04 Å². The molecule has 24 heavy (non-hydrogen) atoms. The van der Waals surface area contributed by atoms with Crippen molar-refractivity contribution in [2.24, 2.45) is 0 Å². The fraction of sp³-hybridized carbons (Fsp3) is 0.444. The maximum Gasteiger partial charge on any atom is 0.242 e. The van der Waals surface area contributed by atoms with E-state index < -0.39 is 0 Å². The molecule has 0 unspecified atom stereocenters. The zero-order valence-corrected chi connectivity index (χ0v) is 14.5. The molecule has 6 heteroatoms. The van der Waals surface area contributed by atoms with E-state index in [0.717, 1.165) is 35.7 Å². The lowest BCUT2D eigenvalue weighted by Crippen LogP contribution is -2.51. The average molecular weight is 328 g/mol. The summed E-state index contributed by atoms with van der Waals surface area (Å²) in [5.74, 6) is 0.0381. The van der Waals surface area contributed by atoms with Gasteiger partial charge in [0.05, 0.1) is 18.0 Å². The van der Waals surface area contributed by atoms with Gasteiger partial charge in [-0.2, -0.15) is 5.10 Å². The van der Waals surface area contributed by atoms with Gasteiger partial charge in [-0.05, 0) is 26.0 Å². The highest BCUT2D eigenvalue weighted by Gasteiger charge is 2.35. The molecule has 1 aromatic carbocycles. The fourth-order valence-electron chi connectivity index (χ4n) is 3.35. The Hall–Kier alpha value is -2.18. The van der Waals surface area contributed by atoms with Crippen LogP contribution in [-0.4, -0.2) is 53.9 Å². The molecule has 0 aliphatic carbocycles. The van der Waals surface area contributed by atoms with Crippen molar-refractivity contribution in [1.82, 2.24) is 20.0 Å². The number of para-hydroxylation sites is 1. The minimum atomic E-state index is -0.314. The van der Waals surface area contributed by atoms with Crippen LogP contribution in [0.5, 0.6) is 0 Å². The number of carbonyl (C=O) groups excluding carboxylic acids is 1. The number of hydrogen-bond donors (Lipinski definition) is 1. The van der Waals surface area contributed by atoms with E-state index in [-0.39, 0.29) is 11.9 Å². The molecule has 1 atom stereocenters. The number of carbonyl (C=O) groups is 1. The molecule has 2 aromatic rings. The summed E-state index contributed by atoms with van der Waals surface area (Å²) >= 11 is 0. The molecule has 1 saturated heterocycles. The van der Waals surface area contributed by atoms with Crippen LogP contribution in [0.4, 0.5) is 0 Å². The van der Waals surface area contributed by atoms with Crippen LogP contribution in [0, 0.1) is 13.8 Å². The predicted octanol–water partition coefficient (Wildman–Crippen LogP) is 1.61. The molecule has 6 nitrogen and oxygen atoms in total. The standard InChI is InChI=1S/C18H24N4O2/c1-13-16(14(2)22(20-13)15-7-5-4-6-8-15)17-18(23)19-9-10-21(17)11-12-24-3/h4-8,17H,9-12H2,1-3H3,(H,19,23)/t17-/m1/s1. The number of rotatable bonds is 5. The number of piperazine rings is 1. The number of nitrogens with zero attached hydrogens (tertiary/aromatic N) is 3. The van der Waals surface area contributed by atoms with Gasteiger partial charge in [0.15, 0.2) is 0 Å². The molecule has 1 amide bonds. The van der Waals surface area contributed by atoms with Gasteiger partial charge in [-0.25, -0.2) is 4.68 Å². The summed E-state index contributed by atoms with van der Waals surface area (Å²) in [5, 5.41) is 7.67. The number of aryl methyl sites for hydroxylation is 1. The maximum absolute atomic E-state index is 12.6. The number of aromatic nitrogens is 2. The molecule has 0 bridgehead atoms. The van der Waals surface area contributed by atoms with E-state index in [1.165, 1.54) is 0 Å². The number of methoxy groups -OCH3 is 1. The van der Waals surface area contributed by atoms with Crippen LogP contribution >= 0.6 is 0 Å². The monoisotopic (exact) mass is 328 g/mol. The van der Waals surface area contributed by atoms with Crippen molar-refractivity contribution in [3.63, 3.8) is 0 Å². The molecule has 128 valence electrons. The largest absolute Gasteiger partial charge is 0.383 e. The van der Waals surface area contributed by atoms with Gasteiger partial charge < -0.3 is 10.1 Å². The molecule has 1 fully saturated rings. The van der Waals surface area contributed by atoms with Gasteiger partial charge in [0.2, 0.25) is 5.91 Å². The third-order valence-electron chi connectivity index (χ3n) is 4.52. The van der Waals surface area contributed by atoms with Crippen molar-refractivity contribution in [1.29, 1.82) is 0 Å². The lowest BCUT2D eigenvalue weighted by Gasteiger charge is -2.35. The highest BCUT2D eigenvalue weighted by molar-refractivity contribution is 5.84. The van der Waals surface area contributed by atoms with Gasteiger partial charge in [0.25, 0.3) is 0 Å². The van der Waals surface area contributed by atoms with Crippen molar-refractivity contribution in [3.05, 3.63) is 47.3 Å². The Morgan fingerprint density at radius 3 is 2.75 bits per heavy atom. The molecule has 1 aliphatic rings. The lowest BCUT2D eigenvalue weighted by molar-refractivity contribution is -0.129. The second-order valence-corrected chi connectivity index (χ2v) is 6.05. The van der Waals surface area contributed by atoms with Gasteiger partial charge in [-0.3, -0.25) is 9.69 Å². The van der Waals surface area contributed by atoms with Crippen LogP contribution < -0.4 is 5.32 Å². The van der Waals surface area contributed by atoms with Crippen molar-refractivity contribution in [2.45, 2.75) is 19.9 Å². The summed E-state index contributed by atoms with van der Waals surface area (Å²) in [7, 11) is 1.68. The molecule has 1 aromatic heterocycles. The first-order chi connectivity index (χ1) is 11.6. The molecule has 1 N–H and O–H groups in total. The first-order valence-electron chi connectivity index (χ1n) is 8.25. The normalized spacial score (nSPS) is 18.6. The van der Waals surface area contributed by atoms with Gasteiger partial charge in [-0.1, -0.05) is 18.2 Å². The van der Waals surface area contributed by atoms with Crippen LogP contribution in [-0.2, 0) is 9.53 Å². The van der Waals surface area contributed by atoms with Crippen molar-refractivity contribution < 1.29 is 9.53 Å². The summed E-state index contributed by atoms with van der Waals surface area (Å²) in [5.41, 5.74) is 3.89. The lowest BCUT2D eigenvalue weighted by atomic mass is 10.0. The molecule has 1 aliphatic heterocycles. The quantitative estimate of drug-likeness (QED) is 0.906. The third kappa shape index (κ3) is 3.07. The Kier molecular flexibility index (Phi) is 4.97. The maximum atomic E-state index is 12.6. The van der Waals surface area contributed by atoms with Crippen LogP contribution in [0.1, 0.15) is 23.0 Å². The summed E-state index contributed by atoms with van der Waals surface area (Å²) in [4.78, 5) is 14.8. The third-order valence-corrected chi connectivity index (χ3v) is 4.52. The van der Waals surface area contributed by atoms with Crippen molar-refractivity contribution in [2.75, 3.05) is 33.4 Å². The van der Waals surface area contributed by atoms with E-state index in [1.54, 1.807) is 7.11 Å². The average Bonchev–Trinajstić information content (AvgIpc) is 2.89. The van der Waals surface area contributed by atoms with Crippen molar-refractivity contribution >= 4 is 5.91 Å². The van der Waals surface area contributed by atoms with E-state index in [4.69, 9.17) is 4.74 Å². The van der Waals surface area contributed by atoms with E-state index in [0.29, 0.717) is 13.2 Å². The second kappa shape index (κ2) is 7.15. The summed E-state index contributed by atoms with van der Waals surface area (Å²) < 4.78 is 7.12. The van der Waals surface area contributed by atoms with Crippen LogP contribution in [0.2, 0.25) is 0 Å². The molecular weight excluding hydrogens is 304 g/mol. The zero-order chi connectivity index (χ0) is 17.1. The minimum absolute atomic E-state index is 0.0381. The van der Waals surface area contributed by atoms with E-state index in [1.807, 2.05) is 48.9 Å². The predicted molar refractivity (Wildman–Crippen MR) is 92.2 cm³/mol. The first kappa shape index (κ1) is 16.7. The molecule has 3 rings (SSSR count). The number of benzene rings is 1. The summed E-state index contributed by atoms with van der Waals surface area (Å²) in [6.45, 7) is 6.81. The number of amides is 1. The van der Waals surface area contributed by atoms with Crippen molar-refractivity contribution in [3.8, 4) is 5.69 Å². The molecular formula is C18H24N4O2. The van der Waals surface area contributed by atoms with Crippen LogP contribution in [0.25, 0.3) is 5.69 Å². The topological polar surface area (TPSA) is 59.4 Å². The van der Waals surface area contributed by atoms with Gasteiger partial charge >= 0.3 is 0 Å². The Labute approximate surface area is 142 Å².